The van der Waals surface area contributed by atoms with Gasteiger partial charge in [0, 0.05) is 24.9 Å². The van der Waals surface area contributed by atoms with Crippen molar-refractivity contribution in [1.29, 1.82) is 0 Å². The largest absolute Gasteiger partial charge is 0.354 e. The van der Waals surface area contributed by atoms with Gasteiger partial charge in [-0.1, -0.05) is 23.7 Å². The number of carbonyl (C=O) groups excluding carboxylic acids is 2. The third kappa shape index (κ3) is 4.82. The average molecular weight is 365 g/mol. The second kappa shape index (κ2) is 8.31. The van der Waals surface area contributed by atoms with Crippen LogP contribution >= 0.6 is 22.9 Å². The Kier molecular flexibility index (Phi) is 6.40. The molecule has 128 valence electrons. The lowest BCUT2D eigenvalue weighted by molar-refractivity contribution is -0.120. The van der Waals surface area contributed by atoms with E-state index in [2.05, 4.69) is 5.32 Å². The summed E-state index contributed by atoms with van der Waals surface area (Å²) in [6.07, 6.45) is 0.363. The Morgan fingerprint density at radius 1 is 1.29 bits per heavy atom. The van der Waals surface area contributed by atoms with Crippen molar-refractivity contribution in [2.75, 3.05) is 18.0 Å². The van der Waals surface area contributed by atoms with Crippen molar-refractivity contribution in [3.63, 3.8) is 0 Å². The van der Waals surface area contributed by atoms with Crippen molar-refractivity contribution in [1.82, 2.24) is 5.32 Å². The first-order chi connectivity index (χ1) is 11.4. The van der Waals surface area contributed by atoms with Crippen LogP contribution < -0.4 is 10.2 Å². The topological polar surface area (TPSA) is 49.4 Å². The fourth-order valence-corrected chi connectivity index (χ4v) is 3.74. The number of benzene rings is 1. The molecule has 0 spiro atoms. The molecule has 1 heterocycles. The number of amides is 2. The normalized spacial score (nSPS) is 10.5. The highest BCUT2D eigenvalue weighted by Gasteiger charge is 2.17. The van der Waals surface area contributed by atoms with Gasteiger partial charge in [0.1, 0.15) is 0 Å². The number of thiophene rings is 1. The van der Waals surface area contributed by atoms with Gasteiger partial charge in [0.05, 0.1) is 17.1 Å². The van der Waals surface area contributed by atoms with Crippen LogP contribution in [0.25, 0.3) is 0 Å². The molecule has 2 aromatic rings. The fourth-order valence-electron chi connectivity index (χ4n) is 2.62. The van der Waals surface area contributed by atoms with E-state index in [4.69, 9.17) is 11.6 Å². The average Bonchev–Trinajstić information content (AvgIpc) is 2.97. The monoisotopic (exact) mass is 364 g/mol. The zero-order valence-corrected chi connectivity index (χ0v) is 15.6. The number of nitrogens with one attached hydrogen (secondary N) is 1. The highest BCUT2D eigenvalue weighted by molar-refractivity contribution is 7.10. The molecule has 0 bridgehead atoms. The maximum absolute atomic E-state index is 12.0. The quantitative estimate of drug-likeness (QED) is 0.849. The van der Waals surface area contributed by atoms with Gasteiger partial charge in [-0.3, -0.25) is 9.59 Å². The number of anilines is 1. The number of carbonyl (C=O) groups is 2. The molecule has 0 aliphatic rings. The molecule has 1 N–H and O–H groups in total. The second-order valence-electron chi connectivity index (χ2n) is 5.69. The van der Waals surface area contributed by atoms with E-state index in [0.29, 0.717) is 30.2 Å². The van der Waals surface area contributed by atoms with Gasteiger partial charge in [-0.2, -0.15) is 0 Å². The number of halogens is 1. The summed E-state index contributed by atoms with van der Waals surface area (Å²) in [5.74, 6) is -0.149. The van der Waals surface area contributed by atoms with Crippen LogP contribution in [0.5, 0.6) is 0 Å². The molecule has 0 unspecified atom stereocenters. The summed E-state index contributed by atoms with van der Waals surface area (Å²) in [7, 11) is 0. The van der Waals surface area contributed by atoms with E-state index < -0.39 is 0 Å². The van der Waals surface area contributed by atoms with Crippen molar-refractivity contribution in [3.05, 3.63) is 50.7 Å². The van der Waals surface area contributed by atoms with Crippen molar-refractivity contribution in [3.8, 4) is 0 Å². The van der Waals surface area contributed by atoms with Gasteiger partial charge in [0.2, 0.25) is 11.8 Å². The molecule has 4 nitrogen and oxygen atoms in total. The third-order valence-corrected chi connectivity index (χ3v) is 4.79. The summed E-state index contributed by atoms with van der Waals surface area (Å²) in [5.41, 5.74) is 2.70. The zero-order valence-electron chi connectivity index (χ0n) is 14.1. The number of rotatable bonds is 6. The lowest BCUT2D eigenvalue weighted by Crippen LogP contribution is -2.38. The molecule has 0 atom stereocenters. The Morgan fingerprint density at radius 2 is 2.04 bits per heavy atom. The highest BCUT2D eigenvalue weighted by atomic mass is 35.5. The van der Waals surface area contributed by atoms with Crippen LogP contribution in [0.2, 0.25) is 5.02 Å². The van der Waals surface area contributed by atoms with Gasteiger partial charge in [-0.25, -0.2) is 0 Å². The van der Waals surface area contributed by atoms with Crippen LogP contribution in [-0.2, 0) is 16.0 Å². The van der Waals surface area contributed by atoms with Crippen LogP contribution in [0, 0.1) is 13.8 Å². The maximum atomic E-state index is 12.0. The lowest BCUT2D eigenvalue weighted by atomic mass is 10.1. The van der Waals surface area contributed by atoms with Crippen molar-refractivity contribution < 1.29 is 9.59 Å². The van der Waals surface area contributed by atoms with E-state index in [-0.39, 0.29) is 11.8 Å². The van der Waals surface area contributed by atoms with Crippen LogP contribution in [-0.4, -0.2) is 24.9 Å². The van der Waals surface area contributed by atoms with E-state index in [9.17, 15) is 9.59 Å². The molecule has 0 saturated carbocycles. The SMILES string of the molecule is CC(=O)N(CCNC(=O)Cc1cccs1)c1c(C)cc(C)cc1Cl. The summed E-state index contributed by atoms with van der Waals surface area (Å²) >= 11 is 7.89. The Balaban J connectivity index is 2.00. The van der Waals surface area contributed by atoms with E-state index in [1.807, 2.05) is 43.5 Å². The Labute approximate surface area is 151 Å². The second-order valence-corrected chi connectivity index (χ2v) is 7.13. The number of hydrogen-bond donors (Lipinski definition) is 1. The smallest absolute Gasteiger partial charge is 0.225 e. The molecule has 6 heteroatoms. The Hall–Kier alpha value is -1.85. The van der Waals surface area contributed by atoms with Crippen LogP contribution in [0.3, 0.4) is 0 Å². The predicted molar refractivity (Wildman–Crippen MR) is 100.0 cm³/mol. The molecule has 0 saturated heterocycles. The van der Waals surface area contributed by atoms with Crippen molar-refractivity contribution in [2.24, 2.45) is 0 Å². The van der Waals surface area contributed by atoms with E-state index >= 15 is 0 Å². The predicted octanol–water partition coefficient (Wildman–Crippen LogP) is 3.73. The van der Waals surface area contributed by atoms with Crippen molar-refractivity contribution >= 4 is 40.4 Å². The van der Waals surface area contributed by atoms with Gasteiger partial charge >= 0.3 is 0 Å². The molecular formula is C18H21ClN2O2S. The van der Waals surface area contributed by atoms with Gasteiger partial charge in [0.15, 0.2) is 0 Å². The maximum Gasteiger partial charge on any atom is 0.225 e. The standard InChI is InChI=1S/C18H21ClN2O2S/c1-12-9-13(2)18(16(19)10-12)21(14(3)22)7-6-20-17(23)11-15-5-4-8-24-15/h4-5,8-10H,6-7,11H2,1-3H3,(H,20,23). The number of hydrogen-bond acceptors (Lipinski definition) is 3. The van der Waals surface area contributed by atoms with E-state index in [0.717, 1.165) is 16.0 Å². The minimum absolute atomic E-state index is 0.0484. The zero-order chi connectivity index (χ0) is 17.7. The van der Waals surface area contributed by atoms with Crippen molar-refractivity contribution in [2.45, 2.75) is 27.2 Å². The number of aryl methyl sites for hydroxylation is 2. The molecule has 0 radical (unpaired) electrons. The molecule has 0 aliphatic heterocycles. The molecular weight excluding hydrogens is 344 g/mol. The van der Waals surface area contributed by atoms with Crippen LogP contribution in [0.1, 0.15) is 22.9 Å². The minimum Gasteiger partial charge on any atom is -0.354 e. The highest BCUT2D eigenvalue weighted by Crippen LogP contribution is 2.31. The Bertz CT molecular complexity index is 706. The summed E-state index contributed by atoms with van der Waals surface area (Å²) in [4.78, 5) is 26.6. The summed E-state index contributed by atoms with van der Waals surface area (Å²) in [5, 5.41) is 5.35. The van der Waals surface area contributed by atoms with Gasteiger partial charge in [0.25, 0.3) is 0 Å². The van der Waals surface area contributed by atoms with Gasteiger partial charge in [-0.15, -0.1) is 11.3 Å². The fraction of sp³-hybridized carbons (Fsp3) is 0.333. The lowest BCUT2D eigenvalue weighted by Gasteiger charge is -2.25. The van der Waals surface area contributed by atoms with Crippen LogP contribution in [0.15, 0.2) is 29.6 Å². The first kappa shape index (κ1) is 18.5. The van der Waals surface area contributed by atoms with Crippen LogP contribution in [0.4, 0.5) is 5.69 Å². The minimum atomic E-state index is -0.101. The molecule has 2 amide bonds. The van der Waals surface area contributed by atoms with Gasteiger partial charge < -0.3 is 10.2 Å². The first-order valence-electron chi connectivity index (χ1n) is 7.72. The first-order valence-corrected chi connectivity index (χ1v) is 8.98. The Morgan fingerprint density at radius 3 is 2.62 bits per heavy atom. The number of nitrogens with zero attached hydrogens (tertiary/aromatic N) is 1. The summed E-state index contributed by atoms with van der Waals surface area (Å²) in [6.45, 7) is 6.16. The van der Waals surface area contributed by atoms with E-state index in [1.54, 1.807) is 16.2 Å². The third-order valence-electron chi connectivity index (χ3n) is 3.62. The molecule has 1 aromatic carbocycles. The summed E-state index contributed by atoms with van der Waals surface area (Å²) in [6, 6.07) is 7.69. The molecule has 2 rings (SSSR count). The molecule has 0 fully saturated rings. The summed E-state index contributed by atoms with van der Waals surface area (Å²) < 4.78 is 0. The molecule has 24 heavy (non-hydrogen) atoms. The molecule has 1 aromatic heterocycles. The van der Waals surface area contributed by atoms with E-state index in [1.165, 1.54) is 6.92 Å². The van der Waals surface area contributed by atoms with Gasteiger partial charge in [-0.05, 0) is 42.5 Å². The molecule has 0 aliphatic carbocycles.